The molecule has 0 spiro atoms. The number of amides is 1. The summed E-state index contributed by atoms with van der Waals surface area (Å²) in [5, 5.41) is 3.47. The Balaban J connectivity index is 1.65. The molecule has 0 fully saturated rings. The maximum Gasteiger partial charge on any atom is 0.255 e. The van der Waals surface area contributed by atoms with Crippen molar-refractivity contribution < 1.29 is 9.21 Å². The van der Waals surface area contributed by atoms with Crippen LogP contribution in [0.1, 0.15) is 21.5 Å². The number of hydrogen-bond acceptors (Lipinski definition) is 3. The smallest absolute Gasteiger partial charge is 0.255 e. The van der Waals surface area contributed by atoms with Gasteiger partial charge in [0.1, 0.15) is 5.52 Å². The number of rotatable bonds is 3. The molecule has 6 heteroatoms. The molecule has 1 aromatic heterocycles. The van der Waals surface area contributed by atoms with Gasteiger partial charge in [0.25, 0.3) is 5.91 Å². The van der Waals surface area contributed by atoms with Gasteiger partial charge >= 0.3 is 0 Å². The lowest BCUT2D eigenvalue weighted by Gasteiger charge is -2.07. The Morgan fingerprint density at radius 3 is 2.54 bits per heavy atom. The molecule has 0 aliphatic rings. The summed E-state index contributed by atoms with van der Waals surface area (Å²) in [4.78, 5) is 17.1. The first-order valence-corrected chi connectivity index (χ1v) is 9.82. The van der Waals surface area contributed by atoms with Crippen molar-refractivity contribution in [3.05, 3.63) is 80.8 Å². The molecular formula is C22H16BrClN2O2. The van der Waals surface area contributed by atoms with Crippen molar-refractivity contribution in [3.63, 3.8) is 0 Å². The zero-order valence-corrected chi connectivity index (χ0v) is 17.6. The van der Waals surface area contributed by atoms with Crippen molar-refractivity contribution >= 4 is 50.2 Å². The predicted octanol–water partition coefficient (Wildman–Crippen LogP) is 6.78. The lowest BCUT2D eigenvalue weighted by molar-refractivity contribution is 0.102. The van der Waals surface area contributed by atoms with E-state index >= 15 is 0 Å². The van der Waals surface area contributed by atoms with E-state index in [9.17, 15) is 4.79 Å². The van der Waals surface area contributed by atoms with Crippen molar-refractivity contribution in [1.82, 2.24) is 4.98 Å². The summed E-state index contributed by atoms with van der Waals surface area (Å²) >= 11 is 9.71. The van der Waals surface area contributed by atoms with Crippen LogP contribution >= 0.6 is 27.5 Å². The lowest BCUT2D eigenvalue weighted by Crippen LogP contribution is -2.12. The molecule has 0 aliphatic carbocycles. The summed E-state index contributed by atoms with van der Waals surface area (Å²) < 4.78 is 6.72. The first kappa shape index (κ1) is 18.7. The molecule has 0 aliphatic heterocycles. The number of anilines is 1. The van der Waals surface area contributed by atoms with Gasteiger partial charge in [-0.15, -0.1) is 0 Å². The van der Waals surface area contributed by atoms with Crippen LogP contribution in [0.25, 0.3) is 22.6 Å². The third-order valence-corrected chi connectivity index (χ3v) is 5.11. The normalized spacial score (nSPS) is 11.0. The second-order valence-electron chi connectivity index (χ2n) is 6.66. The average Bonchev–Trinajstić information content (AvgIpc) is 3.06. The highest BCUT2D eigenvalue weighted by Gasteiger charge is 2.14. The van der Waals surface area contributed by atoms with Gasteiger partial charge in [-0.1, -0.05) is 44.7 Å². The predicted molar refractivity (Wildman–Crippen MR) is 116 cm³/mol. The van der Waals surface area contributed by atoms with Crippen LogP contribution in [0.2, 0.25) is 5.02 Å². The minimum Gasteiger partial charge on any atom is -0.436 e. The number of hydrogen-bond donors (Lipinski definition) is 1. The molecular weight excluding hydrogens is 440 g/mol. The number of carbonyl (C=O) groups is 1. The molecule has 1 heterocycles. The fourth-order valence-electron chi connectivity index (χ4n) is 3.09. The second kappa shape index (κ2) is 7.41. The Morgan fingerprint density at radius 2 is 1.79 bits per heavy atom. The van der Waals surface area contributed by atoms with Crippen LogP contribution in [-0.4, -0.2) is 10.9 Å². The molecule has 0 radical (unpaired) electrons. The highest BCUT2D eigenvalue weighted by atomic mass is 79.9. The van der Waals surface area contributed by atoms with Gasteiger partial charge in [-0.05, 0) is 62.4 Å². The third kappa shape index (κ3) is 3.81. The van der Waals surface area contributed by atoms with Gasteiger partial charge in [0.15, 0.2) is 5.58 Å². The number of aromatic nitrogens is 1. The lowest BCUT2D eigenvalue weighted by atomic mass is 10.1. The van der Waals surface area contributed by atoms with Gasteiger partial charge in [0, 0.05) is 15.7 Å². The summed E-state index contributed by atoms with van der Waals surface area (Å²) in [6, 6.07) is 16.6. The van der Waals surface area contributed by atoms with E-state index < -0.39 is 0 Å². The van der Waals surface area contributed by atoms with E-state index in [1.54, 1.807) is 24.3 Å². The number of oxazole rings is 1. The zero-order chi connectivity index (χ0) is 19.8. The van der Waals surface area contributed by atoms with Crippen LogP contribution in [0.15, 0.2) is 63.5 Å². The van der Waals surface area contributed by atoms with Crippen LogP contribution in [0.5, 0.6) is 0 Å². The van der Waals surface area contributed by atoms with Crippen LogP contribution in [-0.2, 0) is 0 Å². The fourth-order valence-corrected chi connectivity index (χ4v) is 3.65. The Bertz CT molecular complexity index is 1200. The maximum absolute atomic E-state index is 12.6. The van der Waals surface area contributed by atoms with Gasteiger partial charge in [-0.25, -0.2) is 4.98 Å². The molecule has 3 aromatic carbocycles. The first-order valence-electron chi connectivity index (χ1n) is 8.65. The molecule has 0 atom stereocenters. The van der Waals surface area contributed by atoms with Crippen molar-refractivity contribution in [2.24, 2.45) is 0 Å². The number of halogens is 2. The summed E-state index contributed by atoms with van der Waals surface area (Å²) in [5.74, 6) is 0.268. The SMILES string of the molecule is Cc1cc(C)cc(C(=O)Nc2ccc3oc(-c4cc(Br)ccc4Cl)nc3c2)c1. The molecule has 4 nitrogen and oxygen atoms in total. The summed E-state index contributed by atoms with van der Waals surface area (Å²) in [7, 11) is 0. The molecule has 28 heavy (non-hydrogen) atoms. The van der Waals surface area contributed by atoms with Gasteiger partial charge < -0.3 is 9.73 Å². The largest absolute Gasteiger partial charge is 0.436 e. The van der Waals surface area contributed by atoms with E-state index in [0.717, 1.165) is 15.6 Å². The van der Waals surface area contributed by atoms with E-state index in [4.69, 9.17) is 16.0 Å². The van der Waals surface area contributed by atoms with Crippen LogP contribution in [0.4, 0.5) is 5.69 Å². The monoisotopic (exact) mass is 454 g/mol. The van der Waals surface area contributed by atoms with E-state index in [0.29, 0.717) is 38.8 Å². The van der Waals surface area contributed by atoms with Crippen LogP contribution in [0, 0.1) is 13.8 Å². The molecule has 4 aromatic rings. The average molecular weight is 456 g/mol. The Labute approximate surface area is 175 Å². The van der Waals surface area contributed by atoms with E-state index in [-0.39, 0.29) is 5.91 Å². The molecule has 1 N–H and O–H groups in total. The minimum absolute atomic E-state index is 0.162. The molecule has 0 saturated carbocycles. The standard InChI is InChI=1S/C22H16BrClN2O2/c1-12-7-13(2)9-14(8-12)21(27)25-16-4-6-20-19(11-16)26-22(28-20)17-10-15(23)3-5-18(17)24/h3-11H,1-2H3,(H,25,27). The van der Waals surface area contributed by atoms with Crippen molar-refractivity contribution in [1.29, 1.82) is 0 Å². The van der Waals surface area contributed by atoms with Gasteiger partial charge in [-0.2, -0.15) is 0 Å². The second-order valence-corrected chi connectivity index (χ2v) is 7.98. The minimum atomic E-state index is -0.162. The summed E-state index contributed by atoms with van der Waals surface area (Å²) in [6.45, 7) is 3.94. The third-order valence-electron chi connectivity index (χ3n) is 4.29. The number of fused-ring (bicyclic) bond motifs is 1. The van der Waals surface area contributed by atoms with Crippen molar-refractivity contribution in [2.75, 3.05) is 5.32 Å². The molecule has 0 unspecified atom stereocenters. The zero-order valence-electron chi connectivity index (χ0n) is 15.2. The molecule has 1 amide bonds. The van der Waals surface area contributed by atoms with Crippen molar-refractivity contribution in [3.8, 4) is 11.5 Å². The van der Waals surface area contributed by atoms with Crippen molar-refractivity contribution in [2.45, 2.75) is 13.8 Å². The van der Waals surface area contributed by atoms with Gasteiger partial charge in [0.05, 0.1) is 10.6 Å². The first-order chi connectivity index (χ1) is 13.4. The van der Waals surface area contributed by atoms with Gasteiger partial charge in [0.2, 0.25) is 5.89 Å². The van der Waals surface area contributed by atoms with E-state index in [1.165, 1.54) is 0 Å². The number of aryl methyl sites for hydroxylation is 2. The highest BCUT2D eigenvalue weighted by molar-refractivity contribution is 9.10. The van der Waals surface area contributed by atoms with E-state index in [1.807, 2.05) is 44.2 Å². The quantitative estimate of drug-likeness (QED) is 0.370. The Kier molecular flexibility index (Phi) is 4.96. The Morgan fingerprint density at radius 1 is 1.04 bits per heavy atom. The number of nitrogens with one attached hydrogen (secondary N) is 1. The highest BCUT2D eigenvalue weighted by Crippen LogP contribution is 2.33. The summed E-state index contributed by atoms with van der Waals surface area (Å²) in [5.41, 5.74) is 5.34. The molecule has 140 valence electrons. The van der Waals surface area contributed by atoms with E-state index in [2.05, 4.69) is 26.2 Å². The van der Waals surface area contributed by atoms with Crippen LogP contribution in [0.3, 0.4) is 0 Å². The number of nitrogens with zero attached hydrogens (tertiary/aromatic N) is 1. The molecule has 0 bridgehead atoms. The maximum atomic E-state index is 12.6. The van der Waals surface area contributed by atoms with Gasteiger partial charge in [-0.3, -0.25) is 4.79 Å². The molecule has 0 saturated heterocycles. The molecule has 4 rings (SSSR count). The topological polar surface area (TPSA) is 55.1 Å². The Hall–Kier alpha value is -2.63. The fraction of sp³-hybridized carbons (Fsp3) is 0.0909. The summed E-state index contributed by atoms with van der Waals surface area (Å²) in [6.07, 6.45) is 0. The van der Waals surface area contributed by atoms with Crippen LogP contribution < -0.4 is 5.32 Å². The number of carbonyl (C=O) groups excluding carboxylic acids is 1. The number of benzene rings is 3.